The first-order valence-electron chi connectivity index (χ1n) is 7.54. The lowest BCUT2D eigenvalue weighted by Gasteiger charge is -2.32. The number of likely N-dealkylation sites (N-methyl/N-ethyl adjacent to an activating group) is 1. The second kappa shape index (κ2) is 6.04. The third-order valence-corrected chi connectivity index (χ3v) is 4.50. The van der Waals surface area contributed by atoms with Crippen molar-refractivity contribution in [1.29, 1.82) is 0 Å². The normalized spacial score (nSPS) is 20.7. The third-order valence-electron chi connectivity index (χ3n) is 4.50. The summed E-state index contributed by atoms with van der Waals surface area (Å²) >= 11 is 0. The van der Waals surface area contributed by atoms with Crippen LogP contribution in [0.5, 0.6) is 0 Å². The number of nitrogens with one attached hydrogen (secondary N) is 1. The summed E-state index contributed by atoms with van der Waals surface area (Å²) in [5.41, 5.74) is 4.65. The summed E-state index contributed by atoms with van der Waals surface area (Å²) in [6.45, 7) is 8.32. The van der Waals surface area contributed by atoms with E-state index in [1.807, 2.05) is 0 Å². The van der Waals surface area contributed by atoms with Crippen molar-refractivity contribution in [3.8, 4) is 0 Å². The van der Waals surface area contributed by atoms with Crippen molar-refractivity contribution in [2.45, 2.75) is 25.9 Å². The fourth-order valence-corrected chi connectivity index (χ4v) is 3.20. The predicted octanol–water partition coefficient (Wildman–Crippen LogP) is 1.47. The van der Waals surface area contributed by atoms with E-state index >= 15 is 0 Å². The van der Waals surface area contributed by atoms with Crippen molar-refractivity contribution in [1.82, 2.24) is 15.1 Å². The van der Waals surface area contributed by atoms with E-state index in [9.17, 15) is 0 Å². The maximum atomic E-state index is 3.46. The Balaban J connectivity index is 1.49. The van der Waals surface area contributed by atoms with E-state index in [4.69, 9.17) is 0 Å². The molecular weight excluding hydrogens is 234 g/mol. The topological polar surface area (TPSA) is 18.5 Å². The Labute approximate surface area is 116 Å². The second-order valence-corrected chi connectivity index (χ2v) is 5.91. The van der Waals surface area contributed by atoms with Crippen molar-refractivity contribution in [3.05, 3.63) is 34.9 Å². The van der Waals surface area contributed by atoms with Crippen molar-refractivity contribution < 1.29 is 0 Å². The number of nitrogens with zero attached hydrogens (tertiary/aromatic N) is 2. The van der Waals surface area contributed by atoms with Gasteiger partial charge in [-0.2, -0.15) is 0 Å². The number of hydrogen-bond acceptors (Lipinski definition) is 3. The predicted molar refractivity (Wildman–Crippen MR) is 79.2 cm³/mol. The van der Waals surface area contributed by atoms with Gasteiger partial charge >= 0.3 is 0 Å². The molecule has 19 heavy (non-hydrogen) atoms. The largest absolute Gasteiger partial charge is 0.309 e. The highest BCUT2D eigenvalue weighted by Crippen LogP contribution is 2.21. The Hall–Kier alpha value is -0.900. The second-order valence-electron chi connectivity index (χ2n) is 5.91. The molecule has 3 heteroatoms. The lowest BCUT2D eigenvalue weighted by Crippen LogP contribution is -2.44. The Morgan fingerprint density at radius 3 is 2.79 bits per heavy atom. The molecule has 3 rings (SSSR count). The van der Waals surface area contributed by atoms with E-state index in [1.54, 1.807) is 11.1 Å². The van der Waals surface area contributed by atoms with Gasteiger partial charge in [0.25, 0.3) is 0 Å². The Bertz CT molecular complexity index is 422. The Morgan fingerprint density at radius 2 is 1.95 bits per heavy atom. The zero-order valence-electron chi connectivity index (χ0n) is 12.0. The van der Waals surface area contributed by atoms with E-state index in [1.165, 1.54) is 51.1 Å². The average molecular weight is 259 g/mol. The van der Waals surface area contributed by atoms with Gasteiger partial charge in [0.15, 0.2) is 0 Å². The number of hydrogen-bond donors (Lipinski definition) is 1. The fourth-order valence-electron chi connectivity index (χ4n) is 3.20. The van der Waals surface area contributed by atoms with Crippen LogP contribution in [-0.4, -0.2) is 49.6 Å². The average Bonchev–Trinajstić information content (AvgIpc) is 2.90. The van der Waals surface area contributed by atoms with Gasteiger partial charge < -0.3 is 15.1 Å². The highest BCUT2D eigenvalue weighted by molar-refractivity contribution is 5.37. The number of fused-ring (bicyclic) bond motifs is 1. The molecule has 2 aliphatic rings. The van der Waals surface area contributed by atoms with Crippen LogP contribution in [-0.2, 0) is 19.5 Å². The molecule has 0 saturated carbocycles. The number of aryl methyl sites for hydroxylation is 1. The van der Waals surface area contributed by atoms with Crippen LogP contribution in [0.1, 0.15) is 23.1 Å². The summed E-state index contributed by atoms with van der Waals surface area (Å²) in [5.74, 6) is 0. The molecule has 0 aromatic heterocycles. The first kappa shape index (κ1) is 13.1. The first-order valence-corrected chi connectivity index (χ1v) is 7.54. The van der Waals surface area contributed by atoms with E-state index < -0.39 is 0 Å². The van der Waals surface area contributed by atoms with Crippen LogP contribution < -0.4 is 5.32 Å². The molecule has 0 unspecified atom stereocenters. The summed E-state index contributed by atoms with van der Waals surface area (Å²) in [4.78, 5) is 5.04. The van der Waals surface area contributed by atoms with Gasteiger partial charge in [-0.3, -0.25) is 0 Å². The summed E-state index contributed by atoms with van der Waals surface area (Å²) in [7, 11) is 2.22. The lowest BCUT2D eigenvalue weighted by molar-refractivity contribution is 0.153. The number of benzene rings is 1. The first-order chi connectivity index (χ1) is 9.33. The van der Waals surface area contributed by atoms with Gasteiger partial charge in [0.2, 0.25) is 0 Å². The monoisotopic (exact) mass is 259 g/mol. The van der Waals surface area contributed by atoms with E-state index in [0.29, 0.717) is 0 Å². The molecule has 1 saturated heterocycles. The molecule has 0 bridgehead atoms. The van der Waals surface area contributed by atoms with Crippen molar-refractivity contribution in [2.75, 3.05) is 39.8 Å². The molecule has 0 spiro atoms. The van der Waals surface area contributed by atoms with Gasteiger partial charge in [0.05, 0.1) is 0 Å². The van der Waals surface area contributed by atoms with Crippen LogP contribution in [0.3, 0.4) is 0 Å². The zero-order valence-corrected chi connectivity index (χ0v) is 12.0. The molecule has 3 nitrogen and oxygen atoms in total. The molecule has 1 N–H and O–H groups in total. The van der Waals surface area contributed by atoms with Crippen LogP contribution in [0.25, 0.3) is 0 Å². The van der Waals surface area contributed by atoms with Crippen LogP contribution >= 0.6 is 0 Å². The molecule has 1 aromatic carbocycles. The Morgan fingerprint density at radius 1 is 1.11 bits per heavy atom. The molecule has 2 heterocycles. The summed E-state index contributed by atoms with van der Waals surface area (Å²) in [5, 5.41) is 3.46. The highest BCUT2D eigenvalue weighted by atomic mass is 15.2. The molecular formula is C16H25N3. The van der Waals surface area contributed by atoms with Crippen LogP contribution in [0.4, 0.5) is 0 Å². The molecule has 2 aliphatic heterocycles. The fraction of sp³-hybridized carbons (Fsp3) is 0.625. The quantitative estimate of drug-likeness (QED) is 0.883. The van der Waals surface area contributed by atoms with Crippen LogP contribution in [0, 0.1) is 0 Å². The molecule has 1 aromatic rings. The van der Waals surface area contributed by atoms with Crippen LogP contribution in [0.2, 0.25) is 0 Å². The standard InChI is InChI=1S/C16H25N3/c1-18-8-10-19(11-9-18)7-3-6-14-4-2-5-15-12-17-13-16(14)15/h2,4-5,17H,3,6-13H2,1H3. The van der Waals surface area contributed by atoms with Crippen LogP contribution in [0.15, 0.2) is 18.2 Å². The third kappa shape index (κ3) is 3.16. The summed E-state index contributed by atoms with van der Waals surface area (Å²) in [6, 6.07) is 6.80. The number of rotatable bonds is 4. The van der Waals surface area contributed by atoms with Gasteiger partial charge in [0, 0.05) is 39.3 Å². The van der Waals surface area contributed by atoms with Crippen molar-refractivity contribution >= 4 is 0 Å². The molecule has 0 atom stereocenters. The highest BCUT2D eigenvalue weighted by Gasteiger charge is 2.15. The zero-order chi connectivity index (χ0) is 13.1. The number of piperazine rings is 1. The van der Waals surface area contributed by atoms with Gasteiger partial charge in [0.1, 0.15) is 0 Å². The molecule has 0 aliphatic carbocycles. The van der Waals surface area contributed by atoms with Gasteiger partial charge in [-0.25, -0.2) is 0 Å². The summed E-state index contributed by atoms with van der Waals surface area (Å²) in [6.07, 6.45) is 2.53. The minimum absolute atomic E-state index is 1.06. The maximum Gasteiger partial charge on any atom is 0.0214 e. The maximum absolute atomic E-state index is 3.46. The minimum Gasteiger partial charge on any atom is -0.309 e. The van der Waals surface area contributed by atoms with Crippen molar-refractivity contribution in [3.63, 3.8) is 0 Å². The lowest BCUT2D eigenvalue weighted by atomic mass is 9.99. The van der Waals surface area contributed by atoms with Crippen molar-refractivity contribution in [2.24, 2.45) is 0 Å². The van der Waals surface area contributed by atoms with Gasteiger partial charge in [-0.1, -0.05) is 18.2 Å². The molecule has 104 valence electrons. The molecule has 0 amide bonds. The van der Waals surface area contributed by atoms with Gasteiger partial charge in [-0.05, 0) is 43.1 Å². The van der Waals surface area contributed by atoms with Gasteiger partial charge in [-0.15, -0.1) is 0 Å². The Kier molecular flexibility index (Phi) is 4.16. The molecule has 1 fully saturated rings. The summed E-state index contributed by atoms with van der Waals surface area (Å²) < 4.78 is 0. The smallest absolute Gasteiger partial charge is 0.0214 e. The van der Waals surface area contributed by atoms with E-state index in [-0.39, 0.29) is 0 Å². The van der Waals surface area contributed by atoms with E-state index in [2.05, 4.69) is 40.4 Å². The van der Waals surface area contributed by atoms with E-state index in [0.717, 1.165) is 13.1 Å². The SMILES string of the molecule is CN1CCN(CCCc2cccc3c2CNC3)CC1. The minimum atomic E-state index is 1.06. The molecule has 0 radical (unpaired) electrons.